The summed E-state index contributed by atoms with van der Waals surface area (Å²) in [6.07, 6.45) is 0. The highest BCUT2D eigenvalue weighted by Gasteiger charge is 2.36. The molecule has 0 saturated heterocycles. The molecule has 4 heteroatoms. The molecule has 1 unspecified atom stereocenters. The molecule has 152 valence electrons. The van der Waals surface area contributed by atoms with Gasteiger partial charge in [0, 0.05) is 29.9 Å². The lowest BCUT2D eigenvalue weighted by Crippen LogP contribution is -2.32. The third-order valence-corrected chi connectivity index (χ3v) is 5.22. The highest BCUT2D eigenvalue weighted by molar-refractivity contribution is 6.02. The number of carbonyl (C=O) groups excluding carboxylic acids is 2. The third kappa shape index (κ3) is 5.02. The molecule has 2 aromatic carbocycles. The summed E-state index contributed by atoms with van der Waals surface area (Å²) in [5.74, 6) is -1.05. The predicted molar refractivity (Wildman–Crippen MR) is 118 cm³/mol. The van der Waals surface area contributed by atoms with Crippen molar-refractivity contribution in [2.75, 3.05) is 19.1 Å². The van der Waals surface area contributed by atoms with Gasteiger partial charge in [-0.2, -0.15) is 0 Å². The van der Waals surface area contributed by atoms with E-state index in [0.717, 1.165) is 16.8 Å². The number of carbonyl (C=O) groups is 2. The minimum Gasteiger partial charge on any atom is -0.501 e. The van der Waals surface area contributed by atoms with Crippen LogP contribution in [-0.2, 0) is 14.3 Å². The summed E-state index contributed by atoms with van der Waals surface area (Å²) in [6, 6.07) is 19.4. The van der Waals surface area contributed by atoms with Gasteiger partial charge in [0.1, 0.15) is 11.6 Å². The molecule has 0 radical (unpaired) electrons. The Morgan fingerprint density at radius 1 is 0.897 bits per heavy atom. The zero-order valence-corrected chi connectivity index (χ0v) is 17.8. The molecule has 0 aliphatic rings. The molecular weight excluding hydrogens is 362 g/mol. The van der Waals surface area contributed by atoms with Crippen LogP contribution in [0, 0.1) is 5.92 Å². The Kier molecular flexibility index (Phi) is 7.54. The second-order valence-electron chi connectivity index (χ2n) is 7.10. The smallest absolute Gasteiger partial charge is 0.141 e. The van der Waals surface area contributed by atoms with Gasteiger partial charge in [0.05, 0.1) is 18.8 Å². The average Bonchev–Trinajstić information content (AvgIpc) is 2.72. The van der Waals surface area contributed by atoms with E-state index in [1.807, 2.05) is 79.5 Å². The molecule has 0 amide bonds. The number of benzene rings is 2. The quantitative estimate of drug-likeness (QED) is 0.337. The molecule has 29 heavy (non-hydrogen) atoms. The Hall–Kier alpha value is -3.14. The SMILES string of the molecule is C=C(/C(=C(/C)OC)C(c1ccccc1)C(C(C)=O)C(C)=O)N(C)c1ccccc1. The number of ketones is 2. The predicted octanol–water partition coefficient (Wildman–Crippen LogP) is 5.13. The lowest BCUT2D eigenvalue weighted by molar-refractivity contribution is -0.130. The van der Waals surface area contributed by atoms with E-state index in [4.69, 9.17) is 4.74 Å². The molecule has 0 heterocycles. The van der Waals surface area contributed by atoms with Gasteiger partial charge in [-0.3, -0.25) is 9.59 Å². The zero-order valence-electron chi connectivity index (χ0n) is 17.8. The van der Waals surface area contributed by atoms with E-state index < -0.39 is 11.8 Å². The lowest BCUT2D eigenvalue weighted by atomic mass is 9.75. The summed E-state index contributed by atoms with van der Waals surface area (Å²) in [5.41, 5.74) is 3.24. The second-order valence-corrected chi connectivity index (χ2v) is 7.10. The highest BCUT2D eigenvalue weighted by atomic mass is 16.5. The van der Waals surface area contributed by atoms with Gasteiger partial charge >= 0.3 is 0 Å². The first kappa shape index (κ1) is 22.2. The van der Waals surface area contributed by atoms with Crippen molar-refractivity contribution in [1.29, 1.82) is 0 Å². The Labute approximate surface area is 173 Å². The van der Waals surface area contributed by atoms with Crippen LogP contribution in [0.15, 0.2) is 84.3 Å². The van der Waals surface area contributed by atoms with Gasteiger partial charge in [-0.05, 0) is 38.5 Å². The van der Waals surface area contributed by atoms with Crippen LogP contribution in [0.1, 0.15) is 32.3 Å². The van der Waals surface area contributed by atoms with E-state index in [9.17, 15) is 9.59 Å². The van der Waals surface area contributed by atoms with Gasteiger partial charge in [0.2, 0.25) is 0 Å². The number of hydrogen-bond donors (Lipinski definition) is 0. The molecule has 2 rings (SSSR count). The van der Waals surface area contributed by atoms with Crippen molar-refractivity contribution in [2.24, 2.45) is 5.92 Å². The van der Waals surface area contributed by atoms with Gasteiger partial charge in [0.25, 0.3) is 0 Å². The van der Waals surface area contributed by atoms with Crippen LogP contribution in [0.4, 0.5) is 5.69 Å². The fourth-order valence-electron chi connectivity index (χ4n) is 3.64. The number of hydrogen-bond acceptors (Lipinski definition) is 4. The number of ether oxygens (including phenoxy) is 1. The van der Waals surface area contributed by atoms with Crippen molar-refractivity contribution in [1.82, 2.24) is 0 Å². The number of methoxy groups -OCH3 is 1. The molecule has 0 N–H and O–H groups in total. The lowest BCUT2D eigenvalue weighted by Gasteiger charge is -2.33. The van der Waals surface area contributed by atoms with Gasteiger partial charge in [0.15, 0.2) is 0 Å². The van der Waals surface area contributed by atoms with Crippen LogP contribution >= 0.6 is 0 Å². The van der Waals surface area contributed by atoms with Crippen LogP contribution in [-0.4, -0.2) is 25.7 Å². The average molecular weight is 392 g/mol. The first-order valence-electron chi connectivity index (χ1n) is 9.58. The van der Waals surface area contributed by atoms with Crippen LogP contribution in [0.3, 0.4) is 0 Å². The van der Waals surface area contributed by atoms with E-state index in [2.05, 4.69) is 6.58 Å². The summed E-state index contributed by atoms with van der Waals surface area (Å²) >= 11 is 0. The number of Topliss-reactive ketones (excluding diaryl/α,β-unsaturated/α-hetero) is 2. The maximum absolute atomic E-state index is 12.6. The highest BCUT2D eigenvalue weighted by Crippen LogP contribution is 2.40. The van der Waals surface area contributed by atoms with Gasteiger partial charge in [-0.15, -0.1) is 0 Å². The second kappa shape index (κ2) is 9.87. The molecule has 4 nitrogen and oxygen atoms in total. The summed E-state index contributed by atoms with van der Waals surface area (Å²) in [4.78, 5) is 27.1. The maximum Gasteiger partial charge on any atom is 0.141 e. The number of anilines is 1. The minimum absolute atomic E-state index is 0.178. The van der Waals surface area contributed by atoms with E-state index >= 15 is 0 Å². The maximum atomic E-state index is 12.6. The normalized spacial score (nSPS) is 12.8. The van der Waals surface area contributed by atoms with Crippen molar-refractivity contribution >= 4 is 17.3 Å². The molecule has 2 aromatic rings. The van der Waals surface area contributed by atoms with Crippen molar-refractivity contribution in [3.63, 3.8) is 0 Å². The number of para-hydroxylation sites is 1. The number of nitrogens with zero attached hydrogens (tertiary/aromatic N) is 1. The van der Waals surface area contributed by atoms with Crippen LogP contribution < -0.4 is 4.90 Å². The fourth-order valence-corrected chi connectivity index (χ4v) is 3.64. The Morgan fingerprint density at radius 3 is 1.83 bits per heavy atom. The summed E-state index contributed by atoms with van der Waals surface area (Å²) in [7, 11) is 3.50. The third-order valence-electron chi connectivity index (χ3n) is 5.22. The fraction of sp³-hybridized carbons (Fsp3) is 0.280. The molecule has 0 aliphatic carbocycles. The molecule has 0 bridgehead atoms. The molecule has 0 saturated carbocycles. The molecule has 1 atom stereocenters. The number of rotatable bonds is 9. The van der Waals surface area contributed by atoms with E-state index in [1.54, 1.807) is 7.11 Å². The van der Waals surface area contributed by atoms with E-state index in [1.165, 1.54) is 13.8 Å². The van der Waals surface area contributed by atoms with Crippen molar-refractivity contribution in [3.05, 3.63) is 89.8 Å². The summed E-state index contributed by atoms with van der Waals surface area (Å²) in [5, 5.41) is 0. The molecule has 0 aliphatic heterocycles. The minimum atomic E-state index is -0.821. The first-order valence-corrected chi connectivity index (χ1v) is 9.58. The van der Waals surface area contributed by atoms with Gasteiger partial charge in [-0.25, -0.2) is 0 Å². The molecular formula is C25H29NO3. The molecule has 0 fully saturated rings. The number of allylic oxidation sites excluding steroid dienone is 2. The largest absolute Gasteiger partial charge is 0.501 e. The zero-order chi connectivity index (χ0) is 21.6. The topological polar surface area (TPSA) is 46.6 Å². The van der Waals surface area contributed by atoms with E-state index in [0.29, 0.717) is 11.5 Å². The Morgan fingerprint density at radius 2 is 1.38 bits per heavy atom. The summed E-state index contributed by atoms with van der Waals surface area (Å²) < 4.78 is 5.60. The van der Waals surface area contributed by atoms with Crippen molar-refractivity contribution in [3.8, 4) is 0 Å². The van der Waals surface area contributed by atoms with Crippen LogP contribution in [0.5, 0.6) is 0 Å². The molecule has 0 spiro atoms. The van der Waals surface area contributed by atoms with Crippen molar-refractivity contribution < 1.29 is 14.3 Å². The van der Waals surface area contributed by atoms with Gasteiger partial charge in [-0.1, -0.05) is 55.1 Å². The number of likely N-dealkylation sites (N-methyl/N-ethyl adjacent to an activating group) is 1. The summed E-state index contributed by atoms with van der Waals surface area (Å²) in [6.45, 7) is 9.08. The van der Waals surface area contributed by atoms with Crippen LogP contribution in [0.25, 0.3) is 0 Å². The molecule has 0 aromatic heterocycles. The van der Waals surface area contributed by atoms with Crippen LogP contribution in [0.2, 0.25) is 0 Å². The van der Waals surface area contributed by atoms with E-state index in [-0.39, 0.29) is 11.6 Å². The van der Waals surface area contributed by atoms with Crippen molar-refractivity contribution in [2.45, 2.75) is 26.7 Å². The Bertz CT molecular complexity index is 886. The Balaban J connectivity index is 2.69. The first-order chi connectivity index (χ1) is 13.8. The monoisotopic (exact) mass is 391 g/mol. The standard InChI is InChI=1S/C25H29NO3/c1-17(26(5)22-15-11-8-12-16-22)23(20(4)29-6)25(21-13-9-7-10-14-21)24(18(2)27)19(3)28/h7-16,24-25H,1H2,2-6H3/b23-20+. The van der Waals surface area contributed by atoms with Gasteiger partial charge < -0.3 is 9.64 Å².